The summed E-state index contributed by atoms with van der Waals surface area (Å²) in [5.74, 6) is 0.548. The van der Waals surface area contributed by atoms with E-state index in [1.807, 2.05) is 18.2 Å². The molecule has 1 aromatic heterocycles. The van der Waals surface area contributed by atoms with Crippen molar-refractivity contribution in [3.8, 4) is 6.07 Å². The van der Waals surface area contributed by atoms with Crippen LogP contribution in [0.15, 0.2) is 36.5 Å². The van der Waals surface area contributed by atoms with Gasteiger partial charge in [-0.25, -0.2) is 4.98 Å². The molecule has 0 saturated carbocycles. The van der Waals surface area contributed by atoms with Gasteiger partial charge in [0.15, 0.2) is 0 Å². The van der Waals surface area contributed by atoms with E-state index >= 15 is 0 Å². The predicted molar refractivity (Wildman–Crippen MR) is 77.1 cm³/mol. The molecule has 0 radical (unpaired) electrons. The van der Waals surface area contributed by atoms with Gasteiger partial charge in [0.05, 0.1) is 5.56 Å². The van der Waals surface area contributed by atoms with Crippen LogP contribution in [0, 0.1) is 11.3 Å². The summed E-state index contributed by atoms with van der Waals surface area (Å²) in [7, 11) is 0. The van der Waals surface area contributed by atoms with Crippen LogP contribution >= 0.6 is 11.6 Å². The first kappa shape index (κ1) is 13.4. The second-order valence-electron chi connectivity index (χ2n) is 4.11. The highest BCUT2D eigenvalue weighted by Gasteiger charge is 2.07. The van der Waals surface area contributed by atoms with Gasteiger partial charge in [0.25, 0.3) is 0 Å². The Morgan fingerprint density at radius 2 is 2.00 bits per heavy atom. The number of nitrogens with zero attached hydrogens (tertiary/aromatic N) is 2. The van der Waals surface area contributed by atoms with E-state index in [0.717, 1.165) is 6.42 Å². The number of halogens is 1. The Kier molecular flexibility index (Phi) is 4.38. The van der Waals surface area contributed by atoms with Crippen LogP contribution in [-0.2, 0) is 13.0 Å². The highest BCUT2D eigenvalue weighted by molar-refractivity contribution is 6.34. The molecule has 0 aliphatic heterocycles. The molecule has 1 heterocycles. The lowest BCUT2D eigenvalue weighted by molar-refractivity contribution is 1.03. The van der Waals surface area contributed by atoms with Gasteiger partial charge in [-0.15, -0.1) is 0 Å². The lowest BCUT2D eigenvalue weighted by Gasteiger charge is -2.11. The predicted octanol–water partition coefficient (Wildman–Crippen LogP) is 3.78. The van der Waals surface area contributed by atoms with E-state index in [2.05, 4.69) is 29.4 Å². The van der Waals surface area contributed by atoms with Gasteiger partial charge in [-0.3, -0.25) is 0 Å². The minimum Gasteiger partial charge on any atom is -0.365 e. The summed E-state index contributed by atoms with van der Waals surface area (Å²) in [6, 6.07) is 11.9. The minimum atomic E-state index is 0.374. The van der Waals surface area contributed by atoms with Gasteiger partial charge in [0, 0.05) is 12.7 Å². The molecule has 0 saturated heterocycles. The summed E-state index contributed by atoms with van der Waals surface area (Å²) in [5.41, 5.74) is 2.94. The van der Waals surface area contributed by atoms with Crippen LogP contribution in [-0.4, -0.2) is 4.98 Å². The second-order valence-corrected chi connectivity index (χ2v) is 4.49. The quantitative estimate of drug-likeness (QED) is 0.921. The normalized spacial score (nSPS) is 9.95. The Hall–Kier alpha value is -2.05. The molecule has 0 fully saturated rings. The zero-order valence-electron chi connectivity index (χ0n) is 10.7. The largest absolute Gasteiger partial charge is 0.365 e. The first-order chi connectivity index (χ1) is 9.26. The Balaban J connectivity index is 2.17. The second kappa shape index (κ2) is 6.21. The molecule has 3 nitrogen and oxygen atoms in total. The Morgan fingerprint density at radius 1 is 1.26 bits per heavy atom. The van der Waals surface area contributed by atoms with Gasteiger partial charge in [0.1, 0.15) is 16.9 Å². The van der Waals surface area contributed by atoms with Crippen molar-refractivity contribution < 1.29 is 0 Å². The van der Waals surface area contributed by atoms with E-state index in [9.17, 15) is 0 Å². The summed E-state index contributed by atoms with van der Waals surface area (Å²) >= 11 is 6.10. The van der Waals surface area contributed by atoms with E-state index in [0.29, 0.717) is 22.9 Å². The fraction of sp³-hybridized carbons (Fsp3) is 0.200. The molecular formula is C15H14ClN3. The summed E-state index contributed by atoms with van der Waals surface area (Å²) in [5, 5.41) is 12.5. The van der Waals surface area contributed by atoms with Crippen LogP contribution in [0.3, 0.4) is 0 Å². The Labute approximate surface area is 117 Å². The van der Waals surface area contributed by atoms with Crippen LogP contribution in [0.4, 0.5) is 5.82 Å². The van der Waals surface area contributed by atoms with Crippen molar-refractivity contribution in [3.05, 3.63) is 58.2 Å². The molecule has 1 aromatic carbocycles. The maximum absolute atomic E-state index is 8.92. The molecule has 0 amide bonds. The molecule has 4 heteroatoms. The van der Waals surface area contributed by atoms with Crippen LogP contribution < -0.4 is 5.32 Å². The van der Waals surface area contributed by atoms with Crippen molar-refractivity contribution in [1.29, 1.82) is 5.26 Å². The third-order valence-electron chi connectivity index (χ3n) is 2.96. The molecule has 2 aromatic rings. The summed E-state index contributed by atoms with van der Waals surface area (Å²) in [4.78, 5) is 4.16. The van der Waals surface area contributed by atoms with Crippen LogP contribution in [0.2, 0.25) is 5.02 Å². The average Bonchev–Trinajstić information content (AvgIpc) is 2.46. The third kappa shape index (κ3) is 3.04. The molecule has 0 aliphatic rings. The lowest BCUT2D eigenvalue weighted by Crippen LogP contribution is -2.04. The molecule has 2 rings (SSSR count). The monoisotopic (exact) mass is 271 g/mol. The van der Waals surface area contributed by atoms with E-state index < -0.39 is 0 Å². The number of benzene rings is 1. The number of rotatable bonds is 4. The number of hydrogen-bond donors (Lipinski definition) is 1. The number of nitriles is 1. The standard InChI is InChI=1S/C15H14ClN3/c1-2-11-5-3-4-6-13(11)10-19-15-14(16)12(9-17)7-8-18-15/h3-8H,2,10H2,1H3,(H,18,19). The van der Waals surface area contributed by atoms with E-state index in [4.69, 9.17) is 16.9 Å². The fourth-order valence-electron chi connectivity index (χ4n) is 1.91. The van der Waals surface area contributed by atoms with Gasteiger partial charge in [-0.2, -0.15) is 5.26 Å². The summed E-state index contributed by atoms with van der Waals surface area (Å²) < 4.78 is 0. The zero-order chi connectivity index (χ0) is 13.7. The van der Waals surface area contributed by atoms with Gasteiger partial charge >= 0.3 is 0 Å². The number of anilines is 1. The first-order valence-electron chi connectivity index (χ1n) is 6.11. The molecule has 0 aliphatic carbocycles. The Morgan fingerprint density at radius 3 is 2.68 bits per heavy atom. The van der Waals surface area contributed by atoms with Gasteiger partial charge in [-0.05, 0) is 23.6 Å². The Bertz CT molecular complexity index is 617. The topological polar surface area (TPSA) is 48.7 Å². The van der Waals surface area contributed by atoms with Crippen LogP contribution in [0.5, 0.6) is 0 Å². The van der Waals surface area contributed by atoms with E-state index in [1.54, 1.807) is 12.3 Å². The van der Waals surface area contributed by atoms with Crippen molar-refractivity contribution in [2.24, 2.45) is 0 Å². The molecule has 0 unspecified atom stereocenters. The molecule has 0 bridgehead atoms. The number of nitrogens with one attached hydrogen (secondary N) is 1. The molecule has 96 valence electrons. The van der Waals surface area contributed by atoms with E-state index in [1.165, 1.54) is 11.1 Å². The maximum Gasteiger partial charge on any atom is 0.146 e. The third-order valence-corrected chi connectivity index (χ3v) is 3.34. The molecule has 1 N–H and O–H groups in total. The highest BCUT2D eigenvalue weighted by Crippen LogP contribution is 2.23. The fourth-order valence-corrected chi connectivity index (χ4v) is 2.13. The number of aryl methyl sites for hydroxylation is 1. The maximum atomic E-state index is 8.92. The van der Waals surface area contributed by atoms with Gasteiger partial charge in [0.2, 0.25) is 0 Å². The smallest absolute Gasteiger partial charge is 0.146 e. The SMILES string of the molecule is CCc1ccccc1CNc1nccc(C#N)c1Cl. The zero-order valence-corrected chi connectivity index (χ0v) is 11.4. The highest BCUT2D eigenvalue weighted by atomic mass is 35.5. The van der Waals surface area contributed by atoms with Crippen molar-refractivity contribution >= 4 is 17.4 Å². The molecule has 0 spiro atoms. The van der Waals surface area contributed by atoms with E-state index in [-0.39, 0.29) is 0 Å². The van der Waals surface area contributed by atoms with Crippen LogP contribution in [0.25, 0.3) is 0 Å². The van der Waals surface area contributed by atoms with Crippen molar-refractivity contribution in [2.75, 3.05) is 5.32 Å². The van der Waals surface area contributed by atoms with Crippen LogP contribution in [0.1, 0.15) is 23.6 Å². The van der Waals surface area contributed by atoms with Crippen molar-refractivity contribution in [1.82, 2.24) is 4.98 Å². The van der Waals surface area contributed by atoms with Gasteiger partial charge < -0.3 is 5.32 Å². The number of hydrogen-bond acceptors (Lipinski definition) is 3. The van der Waals surface area contributed by atoms with Crippen molar-refractivity contribution in [2.45, 2.75) is 19.9 Å². The summed E-state index contributed by atoms with van der Waals surface area (Å²) in [6.45, 7) is 2.77. The number of aromatic nitrogens is 1. The summed E-state index contributed by atoms with van der Waals surface area (Å²) in [6.07, 6.45) is 2.57. The molecule has 0 atom stereocenters. The average molecular weight is 272 g/mol. The minimum absolute atomic E-state index is 0.374. The lowest BCUT2D eigenvalue weighted by atomic mass is 10.1. The van der Waals surface area contributed by atoms with Gasteiger partial charge in [-0.1, -0.05) is 42.8 Å². The molecular weight excluding hydrogens is 258 g/mol. The van der Waals surface area contributed by atoms with Crippen molar-refractivity contribution in [3.63, 3.8) is 0 Å². The first-order valence-corrected chi connectivity index (χ1v) is 6.49. The number of pyridine rings is 1. The molecule has 19 heavy (non-hydrogen) atoms.